The molecule has 19 heavy (non-hydrogen) atoms. The first-order chi connectivity index (χ1) is 8.97. The van der Waals surface area contributed by atoms with Crippen LogP contribution in [0.5, 0.6) is 0 Å². The summed E-state index contributed by atoms with van der Waals surface area (Å²) < 4.78 is 0. The number of benzene rings is 1. The zero-order valence-electron chi connectivity index (χ0n) is 11.2. The van der Waals surface area contributed by atoms with Crippen LogP contribution >= 0.6 is 23.2 Å². The molecule has 1 rings (SSSR count). The molecule has 2 unspecified atom stereocenters. The second kappa shape index (κ2) is 7.73. The van der Waals surface area contributed by atoms with Crippen molar-refractivity contribution in [3.8, 4) is 0 Å². The van der Waals surface area contributed by atoms with Crippen molar-refractivity contribution in [1.29, 1.82) is 0 Å². The van der Waals surface area contributed by atoms with Gasteiger partial charge in [0.25, 0.3) is 0 Å². The number of rotatable bonds is 6. The van der Waals surface area contributed by atoms with E-state index < -0.39 is 0 Å². The molecule has 0 fully saturated rings. The summed E-state index contributed by atoms with van der Waals surface area (Å²) >= 11 is 11.8. The van der Waals surface area contributed by atoms with Gasteiger partial charge in [-0.25, -0.2) is 0 Å². The van der Waals surface area contributed by atoms with Crippen molar-refractivity contribution < 1.29 is 4.79 Å². The van der Waals surface area contributed by atoms with Crippen LogP contribution in [0.3, 0.4) is 0 Å². The Morgan fingerprint density at radius 3 is 2.58 bits per heavy atom. The quantitative estimate of drug-likeness (QED) is 0.844. The Kier molecular flexibility index (Phi) is 6.63. The summed E-state index contributed by atoms with van der Waals surface area (Å²) in [5, 5.41) is 3.95. The molecule has 3 nitrogen and oxygen atoms in total. The largest absolute Gasteiger partial charge is 0.350 e. The number of halogens is 2. The maximum atomic E-state index is 11.9. The van der Waals surface area contributed by atoms with Gasteiger partial charge in [-0.1, -0.05) is 42.6 Å². The average Bonchev–Trinajstić information content (AvgIpc) is 2.38. The zero-order valence-corrected chi connectivity index (χ0v) is 12.8. The minimum atomic E-state index is -0.0995. The summed E-state index contributed by atoms with van der Waals surface area (Å²) in [4.78, 5) is 11.9. The lowest BCUT2D eigenvalue weighted by Gasteiger charge is -2.17. The smallest absolute Gasteiger partial charge is 0.220 e. The fourth-order valence-electron chi connectivity index (χ4n) is 1.82. The number of hydrogen-bond acceptors (Lipinski definition) is 2. The predicted molar refractivity (Wildman–Crippen MR) is 80.5 cm³/mol. The lowest BCUT2D eigenvalue weighted by molar-refractivity contribution is -0.122. The number of nitrogens with two attached hydrogens (primary N) is 1. The Morgan fingerprint density at radius 2 is 2.05 bits per heavy atom. The van der Waals surface area contributed by atoms with Crippen LogP contribution in [0.4, 0.5) is 0 Å². The Labute approximate surface area is 124 Å². The van der Waals surface area contributed by atoms with E-state index in [4.69, 9.17) is 28.9 Å². The number of hydrogen-bond donors (Lipinski definition) is 2. The molecule has 0 aliphatic rings. The number of nitrogens with one attached hydrogen (secondary N) is 1. The summed E-state index contributed by atoms with van der Waals surface area (Å²) in [6.07, 6.45) is 1.36. The Bertz CT molecular complexity index is 433. The Balaban J connectivity index is 2.61. The summed E-state index contributed by atoms with van der Waals surface area (Å²) in [5.74, 6) is 0.247. The standard InChI is InChI=1S/C14H20Cl2N2O/c1-3-10(8-17)6-14(19)18-9(2)11-4-5-12(15)13(16)7-11/h4-5,7,9-10H,3,6,8,17H2,1-2H3,(H,18,19). The lowest BCUT2D eigenvalue weighted by Crippen LogP contribution is -2.30. The van der Waals surface area contributed by atoms with Crippen molar-refractivity contribution in [1.82, 2.24) is 5.32 Å². The Morgan fingerprint density at radius 1 is 1.37 bits per heavy atom. The van der Waals surface area contributed by atoms with Gasteiger partial charge in [0.1, 0.15) is 0 Å². The number of carbonyl (C=O) groups is 1. The van der Waals surface area contributed by atoms with E-state index in [1.54, 1.807) is 12.1 Å². The van der Waals surface area contributed by atoms with E-state index in [1.165, 1.54) is 0 Å². The van der Waals surface area contributed by atoms with Gasteiger partial charge in [0, 0.05) is 6.42 Å². The molecule has 3 N–H and O–H groups in total. The third-order valence-corrected chi connectivity index (χ3v) is 3.94. The van der Waals surface area contributed by atoms with Gasteiger partial charge in [0.05, 0.1) is 16.1 Å². The first-order valence-electron chi connectivity index (χ1n) is 6.42. The van der Waals surface area contributed by atoms with Crippen molar-refractivity contribution in [2.24, 2.45) is 11.7 Å². The van der Waals surface area contributed by atoms with Crippen LogP contribution in [-0.4, -0.2) is 12.5 Å². The molecule has 0 saturated carbocycles. The van der Waals surface area contributed by atoms with Crippen LogP contribution in [0.1, 0.15) is 38.3 Å². The van der Waals surface area contributed by atoms with Gasteiger partial charge >= 0.3 is 0 Å². The molecule has 5 heteroatoms. The first kappa shape index (κ1) is 16.3. The van der Waals surface area contributed by atoms with Crippen LogP contribution in [0.2, 0.25) is 10.0 Å². The summed E-state index contributed by atoms with van der Waals surface area (Å²) in [5.41, 5.74) is 6.53. The van der Waals surface area contributed by atoms with Crippen LogP contribution in [0, 0.1) is 5.92 Å². The van der Waals surface area contributed by atoms with Crippen molar-refractivity contribution in [3.63, 3.8) is 0 Å². The molecule has 0 radical (unpaired) electrons. The van der Waals surface area contributed by atoms with Crippen LogP contribution < -0.4 is 11.1 Å². The van der Waals surface area contributed by atoms with E-state index in [0.29, 0.717) is 23.0 Å². The monoisotopic (exact) mass is 302 g/mol. The first-order valence-corrected chi connectivity index (χ1v) is 7.17. The molecular weight excluding hydrogens is 283 g/mol. The molecule has 1 aromatic carbocycles. The topological polar surface area (TPSA) is 55.1 Å². The van der Waals surface area contributed by atoms with Crippen molar-refractivity contribution >= 4 is 29.1 Å². The highest BCUT2D eigenvalue weighted by molar-refractivity contribution is 6.42. The summed E-state index contributed by atoms with van der Waals surface area (Å²) in [7, 11) is 0. The molecule has 0 bridgehead atoms. The predicted octanol–water partition coefficient (Wildman–Crippen LogP) is 3.55. The minimum absolute atomic E-state index is 0.0101. The minimum Gasteiger partial charge on any atom is -0.350 e. The zero-order chi connectivity index (χ0) is 14.4. The van der Waals surface area contributed by atoms with Gasteiger partial charge in [-0.05, 0) is 37.1 Å². The van der Waals surface area contributed by atoms with E-state index in [-0.39, 0.29) is 17.9 Å². The maximum absolute atomic E-state index is 11.9. The fraction of sp³-hybridized carbons (Fsp3) is 0.500. The normalized spacial score (nSPS) is 13.9. The van der Waals surface area contributed by atoms with E-state index in [2.05, 4.69) is 5.32 Å². The molecule has 0 heterocycles. The highest BCUT2D eigenvalue weighted by atomic mass is 35.5. The van der Waals surface area contributed by atoms with Gasteiger partial charge < -0.3 is 11.1 Å². The van der Waals surface area contributed by atoms with E-state index in [9.17, 15) is 4.79 Å². The number of carbonyl (C=O) groups excluding carboxylic acids is 1. The van der Waals surface area contributed by atoms with Crippen molar-refractivity contribution in [2.75, 3.05) is 6.54 Å². The van der Waals surface area contributed by atoms with E-state index in [1.807, 2.05) is 19.9 Å². The Hall–Kier alpha value is -0.770. The highest BCUT2D eigenvalue weighted by Gasteiger charge is 2.14. The molecule has 1 amide bonds. The summed E-state index contributed by atoms with van der Waals surface area (Å²) in [6.45, 7) is 4.49. The molecule has 0 saturated heterocycles. The molecule has 106 valence electrons. The molecule has 0 aliphatic carbocycles. The van der Waals surface area contributed by atoms with Gasteiger partial charge in [-0.2, -0.15) is 0 Å². The highest BCUT2D eigenvalue weighted by Crippen LogP contribution is 2.25. The van der Waals surface area contributed by atoms with Crippen molar-refractivity contribution in [3.05, 3.63) is 33.8 Å². The molecule has 0 spiro atoms. The molecule has 0 aromatic heterocycles. The number of amides is 1. The van der Waals surface area contributed by atoms with Gasteiger partial charge in [0.2, 0.25) is 5.91 Å². The van der Waals surface area contributed by atoms with E-state index >= 15 is 0 Å². The molecule has 0 aliphatic heterocycles. The average molecular weight is 303 g/mol. The maximum Gasteiger partial charge on any atom is 0.220 e. The van der Waals surface area contributed by atoms with Gasteiger partial charge in [-0.15, -0.1) is 0 Å². The molecule has 2 atom stereocenters. The lowest BCUT2D eigenvalue weighted by atomic mass is 10.0. The van der Waals surface area contributed by atoms with E-state index in [0.717, 1.165) is 12.0 Å². The van der Waals surface area contributed by atoms with Crippen LogP contribution in [0.25, 0.3) is 0 Å². The van der Waals surface area contributed by atoms with Crippen molar-refractivity contribution in [2.45, 2.75) is 32.7 Å². The molecular formula is C14H20Cl2N2O. The second-order valence-electron chi connectivity index (χ2n) is 4.68. The second-order valence-corrected chi connectivity index (χ2v) is 5.49. The molecule has 1 aromatic rings. The SMILES string of the molecule is CCC(CN)CC(=O)NC(C)c1ccc(Cl)c(Cl)c1. The van der Waals surface area contributed by atoms with Crippen LogP contribution in [0.15, 0.2) is 18.2 Å². The van der Waals surface area contributed by atoms with Gasteiger partial charge in [0.15, 0.2) is 0 Å². The summed E-state index contributed by atoms with van der Waals surface area (Å²) in [6, 6.07) is 5.27. The van der Waals surface area contributed by atoms with Crippen LogP contribution in [-0.2, 0) is 4.79 Å². The van der Waals surface area contributed by atoms with Gasteiger partial charge in [-0.3, -0.25) is 4.79 Å². The third-order valence-electron chi connectivity index (χ3n) is 3.21. The third kappa shape index (κ3) is 5.01. The fourth-order valence-corrected chi connectivity index (χ4v) is 2.13.